The first-order chi connectivity index (χ1) is 12.0. The van der Waals surface area contributed by atoms with Crippen molar-refractivity contribution >= 4 is 63.8 Å². The Bertz CT molecular complexity index is 953. The predicted molar refractivity (Wildman–Crippen MR) is 112 cm³/mol. The van der Waals surface area contributed by atoms with E-state index < -0.39 is 11.6 Å². The second kappa shape index (κ2) is 8.84. The standard InChI is InChI=1S/C17H15ClF2N4S.2ClH/c1-9-8-24(4-3-21-9)17-15-14(2-5-25-15)22-16(23-17)10-6-13(20)11(18)7-12(10)19;;/h2,5-7,9,21H,3-4,8H2,1H3;2*1H. The molecule has 146 valence electrons. The van der Waals surface area contributed by atoms with Crippen molar-refractivity contribution in [3.8, 4) is 11.4 Å². The molecule has 1 aliphatic rings. The van der Waals surface area contributed by atoms with Gasteiger partial charge >= 0.3 is 0 Å². The van der Waals surface area contributed by atoms with E-state index in [0.717, 1.165) is 47.8 Å². The molecule has 1 N–H and O–H groups in total. The molecule has 0 spiro atoms. The van der Waals surface area contributed by atoms with E-state index in [9.17, 15) is 8.78 Å². The lowest BCUT2D eigenvalue weighted by atomic mass is 10.2. The highest BCUT2D eigenvalue weighted by Gasteiger charge is 2.22. The molecule has 3 heterocycles. The fourth-order valence-electron chi connectivity index (χ4n) is 3.00. The topological polar surface area (TPSA) is 41.1 Å². The van der Waals surface area contributed by atoms with Crippen molar-refractivity contribution < 1.29 is 8.78 Å². The third-order valence-corrected chi connectivity index (χ3v) is 5.39. The summed E-state index contributed by atoms with van der Waals surface area (Å²) in [6.45, 7) is 4.54. The van der Waals surface area contributed by atoms with E-state index in [1.54, 1.807) is 11.3 Å². The summed E-state index contributed by atoms with van der Waals surface area (Å²) in [7, 11) is 0. The number of hydrogen-bond acceptors (Lipinski definition) is 5. The van der Waals surface area contributed by atoms with Crippen LogP contribution in [0.2, 0.25) is 5.02 Å². The highest BCUT2D eigenvalue weighted by Crippen LogP contribution is 2.33. The predicted octanol–water partition coefficient (Wildman–Crippen LogP) is 4.93. The van der Waals surface area contributed by atoms with Crippen molar-refractivity contribution in [2.24, 2.45) is 0 Å². The molecule has 0 aliphatic carbocycles. The maximum atomic E-state index is 14.3. The third kappa shape index (κ3) is 4.27. The van der Waals surface area contributed by atoms with E-state index in [0.29, 0.717) is 6.04 Å². The Morgan fingerprint density at radius 1 is 1.22 bits per heavy atom. The molecule has 4 nitrogen and oxygen atoms in total. The van der Waals surface area contributed by atoms with E-state index in [1.807, 2.05) is 11.4 Å². The van der Waals surface area contributed by atoms with Gasteiger partial charge in [-0.3, -0.25) is 0 Å². The van der Waals surface area contributed by atoms with Crippen molar-refractivity contribution in [3.05, 3.63) is 40.2 Å². The molecule has 0 amide bonds. The molecule has 3 aromatic rings. The van der Waals surface area contributed by atoms with Crippen LogP contribution >= 0.6 is 47.8 Å². The second-order valence-corrected chi connectivity index (χ2v) is 7.38. The lowest BCUT2D eigenvalue weighted by Gasteiger charge is -2.33. The van der Waals surface area contributed by atoms with E-state index in [2.05, 4.69) is 27.1 Å². The number of halogens is 5. The van der Waals surface area contributed by atoms with Crippen LogP contribution in [-0.2, 0) is 0 Å². The van der Waals surface area contributed by atoms with Crippen molar-refractivity contribution in [2.45, 2.75) is 13.0 Å². The molecular formula is C17H17Cl3F2N4S. The molecule has 10 heteroatoms. The smallest absolute Gasteiger partial charge is 0.165 e. The summed E-state index contributed by atoms with van der Waals surface area (Å²) >= 11 is 7.20. The molecule has 0 radical (unpaired) electrons. The van der Waals surface area contributed by atoms with Crippen molar-refractivity contribution in [1.29, 1.82) is 0 Å². The van der Waals surface area contributed by atoms with Gasteiger partial charge in [-0.2, -0.15) is 0 Å². The number of nitrogens with zero attached hydrogens (tertiary/aromatic N) is 3. The maximum absolute atomic E-state index is 14.3. The van der Waals surface area contributed by atoms with Gasteiger partial charge < -0.3 is 10.2 Å². The molecule has 1 atom stereocenters. The largest absolute Gasteiger partial charge is 0.352 e. The Morgan fingerprint density at radius 3 is 2.74 bits per heavy atom. The summed E-state index contributed by atoms with van der Waals surface area (Å²) < 4.78 is 29.1. The SMILES string of the molecule is CC1CN(c2nc(-c3cc(F)c(Cl)cc3F)nc3ccsc23)CCN1.Cl.Cl. The number of piperazine rings is 1. The van der Waals surface area contributed by atoms with Gasteiger partial charge in [0.1, 0.15) is 11.6 Å². The van der Waals surface area contributed by atoms with Crippen LogP contribution in [0.3, 0.4) is 0 Å². The summed E-state index contributed by atoms with van der Waals surface area (Å²) in [5.74, 6) is -0.400. The van der Waals surface area contributed by atoms with Crippen LogP contribution in [-0.4, -0.2) is 35.6 Å². The minimum atomic E-state index is -0.690. The van der Waals surface area contributed by atoms with Gasteiger partial charge in [-0.15, -0.1) is 36.2 Å². The van der Waals surface area contributed by atoms with Crippen LogP contribution in [0.5, 0.6) is 0 Å². The summed E-state index contributed by atoms with van der Waals surface area (Å²) in [4.78, 5) is 11.2. The molecule has 1 aliphatic heterocycles. The second-order valence-electron chi connectivity index (χ2n) is 6.05. The number of aromatic nitrogens is 2. The van der Waals surface area contributed by atoms with Crippen LogP contribution in [0.4, 0.5) is 14.6 Å². The number of rotatable bonds is 2. The number of anilines is 1. The number of thiophene rings is 1. The number of nitrogens with one attached hydrogen (secondary N) is 1. The van der Waals surface area contributed by atoms with Gasteiger partial charge in [-0.1, -0.05) is 11.6 Å². The van der Waals surface area contributed by atoms with Gasteiger partial charge in [0.25, 0.3) is 0 Å². The third-order valence-electron chi connectivity index (χ3n) is 4.20. The first kappa shape index (κ1) is 22.0. The number of fused-ring (bicyclic) bond motifs is 1. The highest BCUT2D eigenvalue weighted by molar-refractivity contribution is 7.17. The van der Waals surface area contributed by atoms with E-state index >= 15 is 0 Å². The van der Waals surface area contributed by atoms with Crippen LogP contribution in [0, 0.1) is 11.6 Å². The maximum Gasteiger partial charge on any atom is 0.165 e. The van der Waals surface area contributed by atoms with E-state index in [1.165, 1.54) is 0 Å². The Balaban J connectivity index is 0.00000131. The Kier molecular flexibility index (Phi) is 7.21. The van der Waals surface area contributed by atoms with E-state index in [-0.39, 0.29) is 41.2 Å². The highest BCUT2D eigenvalue weighted by atomic mass is 35.5. The fraction of sp³-hybridized carbons (Fsp3) is 0.294. The number of benzene rings is 1. The molecule has 4 rings (SSSR count). The lowest BCUT2D eigenvalue weighted by molar-refractivity contribution is 0.483. The van der Waals surface area contributed by atoms with Gasteiger partial charge in [0.05, 0.1) is 20.8 Å². The molecule has 1 fully saturated rings. The summed E-state index contributed by atoms with van der Waals surface area (Å²) in [6.07, 6.45) is 0. The van der Waals surface area contributed by atoms with Gasteiger partial charge in [0.2, 0.25) is 0 Å². The Morgan fingerprint density at radius 2 is 2.00 bits per heavy atom. The molecule has 2 aromatic heterocycles. The van der Waals surface area contributed by atoms with Gasteiger partial charge in [-0.25, -0.2) is 18.7 Å². The molecule has 1 aromatic carbocycles. The molecule has 1 saturated heterocycles. The average Bonchev–Trinajstić information content (AvgIpc) is 3.05. The molecule has 0 bridgehead atoms. The summed E-state index contributed by atoms with van der Waals surface area (Å²) in [6, 6.07) is 4.20. The van der Waals surface area contributed by atoms with Crippen LogP contribution in [0.15, 0.2) is 23.6 Å². The fourth-order valence-corrected chi connectivity index (χ4v) is 4.00. The molecule has 0 saturated carbocycles. The number of hydrogen-bond donors (Lipinski definition) is 1. The molecule has 27 heavy (non-hydrogen) atoms. The first-order valence-corrected chi connectivity index (χ1v) is 9.17. The Hall–Kier alpha value is -1.25. The van der Waals surface area contributed by atoms with Crippen molar-refractivity contribution in [3.63, 3.8) is 0 Å². The first-order valence-electron chi connectivity index (χ1n) is 7.91. The normalized spacial score (nSPS) is 16.7. The summed E-state index contributed by atoms with van der Waals surface area (Å²) in [5.41, 5.74) is 0.741. The zero-order chi connectivity index (χ0) is 17.6. The summed E-state index contributed by atoms with van der Waals surface area (Å²) in [5, 5.41) is 5.06. The van der Waals surface area contributed by atoms with Gasteiger partial charge in [-0.05, 0) is 30.5 Å². The zero-order valence-electron chi connectivity index (χ0n) is 14.2. The van der Waals surface area contributed by atoms with Crippen molar-refractivity contribution in [1.82, 2.24) is 15.3 Å². The van der Waals surface area contributed by atoms with E-state index in [4.69, 9.17) is 11.6 Å². The minimum absolute atomic E-state index is 0. The monoisotopic (exact) mass is 452 g/mol. The van der Waals surface area contributed by atoms with Crippen LogP contribution in [0.25, 0.3) is 21.6 Å². The van der Waals surface area contributed by atoms with Crippen molar-refractivity contribution in [2.75, 3.05) is 24.5 Å². The molecular weight excluding hydrogens is 437 g/mol. The van der Waals surface area contributed by atoms with Gasteiger partial charge in [0, 0.05) is 25.7 Å². The lowest BCUT2D eigenvalue weighted by Crippen LogP contribution is -2.49. The van der Waals surface area contributed by atoms with Crippen LogP contribution in [0.1, 0.15) is 6.92 Å². The molecule has 1 unspecified atom stereocenters. The van der Waals surface area contributed by atoms with Gasteiger partial charge in [0.15, 0.2) is 11.6 Å². The minimum Gasteiger partial charge on any atom is -0.352 e. The van der Waals surface area contributed by atoms with Crippen LogP contribution < -0.4 is 10.2 Å². The average molecular weight is 454 g/mol. The quantitative estimate of drug-likeness (QED) is 0.559. The Labute approximate surface area is 176 Å². The zero-order valence-corrected chi connectivity index (χ0v) is 17.4.